The molecule has 0 saturated heterocycles. The van der Waals surface area contributed by atoms with E-state index in [4.69, 9.17) is 14.2 Å². The van der Waals surface area contributed by atoms with Gasteiger partial charge in [0.1, 0.15) is 5.75 Å². The van der Waals surface area contributed by atoms with Crippen molar-refractivity contribution in [1.29, 1.82) is 0 Å². The van der Waals surface area contributed by atoms with Crippen LogP contribution in [0.15, 0.2) is 24.3 Å². The van der Waals surface area contributed by atoms with Crippen molar-refractivity contribution < 1.29 is 14.2 Å². The highest BCUT2D eigenvalue weighted by Crippen LogP contribution is 2.54. The number of hydrogen-bond acceptors (Lipinski definition) is 5. The molecule has 0 radical (unpaired) electrons. The van der Waals surface area contributed by atoms with Gasteiger partial charge in [0.2, 0.25) is 0 Å². The zero-order valence-electron chi connectivity index (χ0n) is 17.7. The average molecular weight is 383 g/mol. The van der Waals surface area contributed by atoms with Crippen molar-refractivity contribution in [1.82, 2.24) is 4.90 Å². The molecule has 2 aromatic carbocycles. The van der Waals surface area contributed by atoms with E-state index in [0.29, 0.717) is 5.92 Å². The zero-order valence-corrected chi connectivity index (χ0v) is 17.7. The van der Waals surface area contributed by atoms with Gasteiger partial charge >= 0.3 is 0 Å². The number of rotatable bonds is 4. The fraction of sp³-hybridized carbons (Fsp3) is 0.478. The Morgan fingerprint density at radius 2 is 1.82 bits per heavy atom. The number of methoxy groups -OCH3 is 3. The van der Waals surface area contributed by atoms with E-state index in [1.165, 1.54) is 22.3 Å². The van der Waals surface area contributed by atoms with E-state index in [2.05, 4.69) is 42.3 Å². The van der Waals surface area contributed by atoms with Gasteiger partial charge in [-0.1, -0.05) is 13.0 Å². The van der Waals surface area contributed by atoms with Crippen LogP contribution in [0.3, 0.4) is 0 Å². The van der Waals surface area contributed by atoms with E-state index in [9.17, 15) is 0 Å². The summed E-state index contributed by atoms with van der Waals surface area (Å²) in [6, 6.07) is 8.72. The van der Waals surface area contributed by atoms with Crippen LogP contribution in [-0.2, 0) is 18.5 Å². The average Bonchev–Trinajstić information content (AvgIpc) is 2.73. The van der Waals surface area contributed by atoms with Gasteiger partial charge in [0.25, 0.3) is 0 Å². The summed E-state index contributed by atoms with van der Waals surface area (Å²) in [5, 5.41) is 3.27. The highest BCUT2D eigenvalue weighted by Gasteiger charge is 2.48. The normalized spacial score (nSPS) is 23.3. The number of fused-ring (bicyclic) bond motifs is 4. The first-order valence-electron chi connectivity index (χ1n) is 9.87. The molecule has 2 aromatic rings. The molecule has 150 valence electrons. The van der Waals surface area contributed by atoms with Crippen LogP contribution in [0.1, 0.15) is 42.0 Å². The lowest BCUT2D eigenvalue weighted by atomic mass is 9.68. The van der Waals surface area contributed by atoms with E-state index >= 15 is 0 Å². The van der Waals surface area contributed by atoms with Gasteiger partial charge in [-0.25, -0.2) is 0 Å². The lowest BCUT2D eigenvalue weighted by molar-refractivity contribution is 0.0442. The first-order valence-corrected chi connectivity index (χ1v) is 9.87. The minimum Gasteiger partial charge on any atom is -0.495 e. The minimum absolute atomic E-state index is 0.0975. The summed E-state index contributed by atoms with van der Waals surface area (Å²) in [6.45, 7) is 6.56. The highest BCUT2D eigenvalue weighted by atomic mass is 16.5. The summed E-state index contributed by atoms with van der Waals surface area (Å²) in [4.78, 5) is 2.59. The molecule has 0 bridgehead atoms. The molecule has 4 rings (SSSR count). The third-order valence-electron chi connectivity index (χ3n) is 6.89. The zero-order chi connectivity index (χ0) is 20.1. The Bertz CT molecular complexity index is 911. The molecule has 0 aliphatic carbocycles. The summed E-state index contributed by atoms with van der Waals surface area (Å²) in [5.74, 6) is 2.87. The second-order valence-corrected chi connectivity index (χ2v) is 7.87. The molecule has 0 aromatic heterocycles. The predicted octanol–water partition coefficient (Wildman–Crippen LogP) is 4.14. The second kappa shape index (κ2) is 6.89. The van der Waals surface area contributed by atoms with Crippen molar-refractivity contribution in [2.45, 2.75) is 38.3 Å². The van der Waals surface area contributed by atoms with Crippen molar-refractivity contribution in [3.05, 3.63) is 46.5 Å². The van der Waals surface area contributed by atoms with Crippen LogP contribution in [0.4, 0.5) is 5.69 Å². The molecule has 0 spiro atoms. The third-order valence-corrected chi connectivity index (χ3v) is 6.89. The molecule has 2 aliphatic rings. The molecule has 2 aliphatic heterocycles. The molecule has 2 atom stereocenters. The monoisotopic (exact) mass is 382 g/mol. The first-order chi connectivity index (χ1) is 13.5. The Morgan fingerprint density at radius 1 is 1.07 bits per heavy atom. The Morgan fingerprint density at radius 3 is 2.46 bits per heavy atom. The van der Waals surface area contributed by atoms with Crippen LogP contribution in [0, 0.1) is 0 Å². The number of nitrogens with one attached hydrogen (secondary N) is 1. The van der Waals surface area contributed by atoms with Gasteiger partial charge in [0, 0.05) is 31.6 Å². The van der Waals surface area contributed by atoms with Crippen molar-refractivity contribution in [3.63, 3.8) is 0 Å². The topological polar surface area (TPSA) is 43.0 Å². The fourth-order valence-electron chi connectivity index (χ4n) is 5.14. The maximum atomic E-state index is 5.75. The Labute approximate surface area is 167 Å². The maximum absolute atomic E-state index is 5.75. The molecule has 0 saturated carbocycles. The van der Waals surface area contributed by atoms with Crippen LogP contribution >= 0.6 is 0 Å². The summed E-state index contributed by atoms with van der Waals surface area (Å²) >= 11 is 0. The number of benzene rings is 2. The molecule has 2 heterocycles. The van der Waals surface area contributed by atoms with Gasteiger partial charge in [0.05, 0.1) is 32.6 Å². The summed E-state index contributed by atoms with van der Waals surface area (Å²) < 4.78 is 17.0. The van der Waals surface area contributed by atoms with Crippen LogP contribution in [0.2, 0.25) is 0 Å². The van der Waals surface area contributed by atoms with Crippen LogP contribution in [-0.4, -0.2) is 39.8 Å². The van der Waals surface area contributed by atoms with Crippen molar-refractivity contribution in [3.8, 4) is 17.2 Å². The quantitative estimate of drug-likeness (QED) is 0.861. The molecular formula is C23H30N2O3. The van der Waals surface area contributed by atoms with Crippen molar-refractivity contribution in [2.75, 3.05) is 40.2 Å². The van der Waals surface area contributed by atoms with Gasteiger partial charge in [0.15, 0.2) is 11.5 Å². The van der Waals surface area contributed by atoms with Crippen LogP contribution in [0.25, 0.3) is 0 Å². The Balaban J connectivity index is 1.89. The van der Waals surface area contributed by atoms with Crippen LogP contribution < -0.4 is 19.5 Å². The van der Waals surface area contributed by atoms with E-state index < -0.39 is 0 Å². The molecule has 0 unspecified atom stereocenters. The Hall–Kier alpha value is -2.40. The molecule has 1 N–H and O–H groups in total. The van der Waals surface area contributed by atoms with Gasteiger partial charge in [-0.15, -0.1) is 0 Å². The predicted molar refractivity (Wildman–Crippen MR) is 112 cm³/mol. The summed E-state index contributed by atoms with van der Waals surface area (Å²) in [6.07, 6.45) is 1.03. The Kier molecular flexibility index (Phi) is 4.66. The standard InChI is InChI=1S/C23H30N2O3/c1-14-16-7-8-20(26-4)22(28-6)17(16)13-25-10-9-15-11-19(24-3)21(27-5)12-18(15)23(14,25)2/h7-8,11-12,14,24H,9-10,13H2,1-6H3/t14-,23+/m0/s1. The van der Waals surface area contributed by atoms with Crippen LogP contribution in [0.5, 0.6) is 17.2 Å². The van der Waals surface area contributed by atoms with E-state index in [1.807, 2.05) is 13.1 Å². The summed E-state index contributed by atoms with van der Waals surface area (Å²) in [7, 11) is 7.11. The molecule has 5 heteroatoms. The lowest BCUT2D eigenvalue weighted by Gasteiger charge is -2.53. The molecule has 0 amide bonds. The lowest BCUT2D eigenvalue weighted by Crippen LogP contribution is -2.53. The number of ether oxygens (including phenoxy) is 3. The maximum Gasteiger partial charge on any atom is 0.165 e. The molecule has 28 heavy (non-hydrogen) atoms. The largest absolute Gasteiger partial charge is 0.495 e. The highest BCUT2D eigenvalue weighted by molar-refractivity contribution is 5.63. The smallest absolute Gasteiger partial charge is 0.165 e. The summed E-state index contributed by atoms with van der Waals surface area (Å²) in [5.41, 5.74) is 6.30. The fourth-order valence-corrected chi connectivity index (χ4v) is 5.14. The number of hydrogen-bond donors (Lipinski definition) is 1. The molecule has 0 fully saturated rings. The van der Waals surface area contributed by atoms with E-state index in [-0.39, 0.29) is 5.54 Å². The SMILES string of the molecule is CNc1cc2c(cc1OC)[C@@]1(C)[C@@H](C)c3ccc(OC)c(OC)c3CN1CC2. The number of nitrogens with zero attached hydrogens (tertiary/aromatic N) is 1. The van der Waals surface area contributed by atoms with Crippen molar-refractivity contribution >= 4 is 5.69 Å². The van der Waals surface area contributed by atoms with Gasteiger partial charge in [-0.05, 0) is 48.2 Å². The van der Waals surface area contributed by atoms with E-state index in [1.54, 1.807) is 21.3 Å². The molecular weight excluding hydrogens is 352 g/mol. The van der Waals surface area contributed by atoms with Gasteiger partial charge in [-0.3, -0.25) is 4.90 Å². The third kappa shape index (κ3) is 2.49. The van der Waals surface area contributed by atoms with Crippen molar-refractivity contribution in [2.24, 2.45) is 0 Å². The minimum atomic E-state index is -0.0975. The second-order valence-electron chi connectivity index (χ2n) is 7.87. The van der Waals surface area contributed by atoms with E-state index in [0.717, 1.165) is 42.4 Å². The van der Waals surface area contributed by atoms with Gasteiger partial charge in [-0.2, -0.15) is 0 Å². The molecule has 5 nitrogen and oxygen atoms in total. The van der Waals surface area contributed by atoms with Gasteiger partial charge < -0.3 is 19.5 Å². The number of anilines is 1. The first kappa shape index (κ1) is 18.9.